The van der Waals surface area contributed by atoms with Gasteiger partial charge < -0.3 is 5.73 Å². The molecular formula is C17H13F2N9. The first-order chi connectivity index (χ1) is 13.5. The zero-order valence-corrected chi connectivity index (χ0v) is 14.2. The van der Waals surface area contributed by atoms with Gasteiger partial charge in [0.05, 0.1) is 0 Å². The average molecular weight is 381 g/mol. The number of amidine groups is 2. The largest absolute Gasteiger partial charge is 0.367 e. The SMILES string of the molecule is N#CN=C(N/N=C(\N)NNC(=NC#N)c1ccc(F)cc1)c1ccc(F)cc1. The summed E-state index contributed by atoms with van der Waals surface area (Å²) in [5, 5.41) is 21.3. The number of benzene rings is 2. The highest BCUT2D eigenvalue weighted by Gasteiger charge is 2.06. The van der Waals surface area contributed by atoms with Crippen LogP contribution in [0.25, 0.3) is 0 Å². The van der Waals surface area contributed by atoms with Crippen molar-refractivity contribution in [2.75, 3.05) is 0 Å². The van der Waals surface area contributed by atoms with Gasteiger partial charge in [0, 0.05) is 11.1 Å². The second-order valence-electron chi connectivity index (χ2n) is 4.99. The molecule has 28 heavy (non-hydrogen) atoms. The smallest absolute Gasteiger partial charge is 0.230 e. The van der Waals surface area contributed by atoms with E-state index in [1.54, 1.807) is 12.4 Å². The molecule has 0 aliphatic rings. The van der Waals surface area contributed by atoms with Gasteiger partial charge in [-0.05, 0) is 48.5 Å². The molecule has 0 radical (unpaired) electrons. The third-order valence-corrected chi connectivity index (χ3v) is 3.15. The summed E-state index contributed by atoms with van der Waals surface area (Å²) in [6, 6.07) is 10.4. The molecule has 0 heterocycles. The lowest BCUT2D eigenvalue weighted by molar-refractivity contribution is 0.627. The minimum absolute atomic E-state index is 0.0386. The van der Waals surface area contributed by atoms with E-state index >= 15 is 0 Å². The van der Waals surface area contributed by atoms with E-state index in [-0.39, 0.29) is 17.6 Å². The fourth-order valence-electron chi connectivity index (χ4n) is 1.90. The van der Waals surface area contributed by atoms with E-state index in [4.69, 9.17) is 16.3 Å². The maximum absolute atomic E-state index is 13.0. The van der Waals surface area contributed by atoms with E-state index in [0.29, 0.717) is 11.1 Å². The van der Waals surface area contributed by atoms with Gasteiger partial charge in [0.25, 0.3) is 0 Å². The maximum atomic E-state index is 13.0. The zero-order valence-electron chi connectivity index (χ0n) is 14.2. The van der Waals surface area contributed by atoms with Crippen LogP contribution in [0.2, 0.25) is 0 Å². The van der Waals surface area contributed by atoms with E-state index in [9.17, 15) is 8.78 Å². The molecule has 140 valence electrons. The summed E-state index contributed by atoms with van der Waals surface area (Å²) >= 11 is 0. The van der Waals surface area contributed by atoms with Crippen LogP contribution < -0.4 is 22.0 Å². The molecule has 0 saturated heterocycles. The predicted molar refractivity (Wildman–Crippen MR) is 98.1 cm³/mol. The van der Waals surface area contributed by atoms with Gasteiger partial charge in [-0.1, -0.05) is 0 Å². The molecule has 0 aliphatic heterocycles. The number of hydrazone groups is 1. The molecule has 0 unspecified atom stereocenters. The van der Waals surface area contributed by atoms with E-state index in [0.717, 1.165) is 0 Å². The Kier molecular flexibility index (Phi) is 6.96. The molecule has 0 aliphatic carbocycles. The molecule has 0 atom stereocenters. The molecule has 2 rings (SSSR count). The van der Waals surface area contributed by atoms with Gasteiger partial charge in [-0.3, -0.25) is 16.3 Å². The molecule has 5 N–H and O–H groups in total. The highest BCUT2D eigenvalue weighted by Crippen LogP contribution is 2.04. The number of aliphatic imine (C=N–C) groups is 2. The van der Waals surface area contributed by atoms with Gasteiger partial charge in [-0.25, -0.2) is 8.78 Å². The Balaban J connectivity index is 2.06. The fourth-order valence-corrected chi connectivity index (χ4v) is 1.90. The molecule has 9 nitrogen and oxygen atoms in total. The Hall–Kier alpha value is -4.51. The number of nitriles is 2. The number of guanidine groups is 1. The van der Waals surface area contributed by atoms with Crippen LogP contribution in [-0.4, -0.2) is 17.6 Å². The highest BCUT2D eigenvalue weighted by atomic mass is 19.1. The zero-order chi connectivity index (χ0) is 20.4. The quantitative estimate of drug-likeness (QED) is 0.270. The third-order valence-electron chi connectivity index (χ3n) is 3.15. The molecule has 2 aromatic carbocycles. The normalized spacial score (nSPS) is 11.9. The van der Waals surface area contributed by atoms with Crippen LogP contribution in [-0.2, 0) is 0 Å². The summed E-state index contributed by atoms with van der Waals surface area (Å²) in [5.74, 6) is -0.968. The molecule has 0 amide bonds. The van der Waals surface area contributed by atoms with Crippen LogP contribution in [0, 0.1) is 34.5 Å². The first-order valence-corrected chi connectivity index (χ1v) is 7.60. The van der Waals surface area contributed by atoms with E-state index in [1.165, 1.54) is 48.5 Å². The Labute approximate surface area is 158 Å². The summed E-state index contributed by atoms with van der Waals surface area (Å²) < 4.78 is 26.0. The second kappa shape index (κ2) is 9.84. The summed E-state index contributed by atoms with van der Waals surface area (Å²) in [6.45, 7) is 0. The van der Waals surface area contributed by atoms with Gasteiger partial charge in [-0.15, -0.1) is 5.10 Å². The Morgan fingerprint density at radius 2 is 1.25 bits per heavy atom. The van der Waals surface area contributed by atoms with Crippen LogP contribution in [0.15, 0.2) is 63.6 Å². The van der Waals surface area contributed by atoms with Crippen LogP contribution in [0.5, 0.6) is 0 Å². The van der Waals surface area contributed by atoms with Crippen LogP contribution >= 0.6 is 0 Å². The number of nitrogens with one attached hydrogen (secondary N) is 3. The highest BCUT2D eigenvalue weighted by molar-refractivity contribution is 6.01. The molecular weight excluding hydrogens is 368 g/mol. The summed E-state index contributed by atoms with van der Waals surface area (Å²) in [4.78, 5) is 7.12. The molecule has 0 bridgehead atoms. The van der Waals surface area contributed by atoms with Crippen LogP contribution in [0.3, 0.4) is 0 Å². The van der Waals surface area contributed by atoms with Crippen molar-refractivity contribution in [3.05, 3.63) is 71.3 Å². The fraction of sp³-hybridized carbons (Fsp3) is 0. The molecule has 2 aromatic rings. The number of hydrogen-bond donors (Lipinski definition) is 4. The van der Waals surface area contributed by atoms with Crippen LogP contribution in [0.4, 0.5) is 8.78 Å². The number of nitrogens with zero attached hydrogens (tertiary/aromatic N) is 5. The van der Waals surface area contributed by atoms with Crippen molar-refractivity contribution in [2.24, 2.45) is 20.8 Å². The number of hydrogen-bond acceptors (Lipinski definition) is 5. The molecule has 0 fully saturated rings. The van der Waals surface area contributed by atoms with Gasteiger partial charge in [0.2, 0.25) is 18.3 Å². The maximum Gasteiger partial charge on any atom is 0.230 e. The molecule has 0 saturated carbocycles. The Morgan fingerprint density at radius 3 is 1.75 bits per heavy atom. The first kappa shape index (κ1) is 19.8. The van der Waals surface area contributed by atoms with Gasteiger partial charge >= 0.3 is 0 Å². The second-order valence-corrected chi connectivity index (χ2v) is 4.99. The topological polar surface area (TPSA) is 147 Å². The Bertz CT molecular complexity index is 981. The number of halogens is 2. The van der Waals surface area contributed by atoms with Crippen molar-refractivity contribution in [2.45, 2.75) is 0 Å². The van der Waals surface area contributed by atoms with Crippen molar-refractivity contribution in [1.29, 1.82) is 10.5 Å². The first-order valence-electron chi connectivity index (χ1n) is 7.60. The standard InChI is InChI=1S/C17H13F2N9/c18-13-5-1-11(2-6-13)15(23-9-20)25-27-17(22)28-26-16(24-10-21)12-3-7-14(19)8-4-12/h1-8H,(H,23,25)(H,24,26)(H3,22,27,28). The van der Waals surface area contributed by atoms with E-state index in [1.807, 2.05) is 0 Å². The van der Waals surface area contributed by atoms with Gasteiger partial charge in [0.1, 0.15) is 11.6 Å². The number of rotatable bonds is 3. The Morgan fingerprint density at radius 1 is 0.786 bits per heavy atom. The number of hydrazine groups is 1. The van der Waals surface area contributed by atoms with Crippen LogP contribution in [0.1, 0.15) is 11.1 Å². The van der Waals surface area contributed by atoms with Crippen molar-refractivity contribution in [3.8, 4) is 12.4 Å². The average Bonchev–Trinajstić information content (AvgIpc) is 2.70. The van der Waals surface area contributed by atoms with Gasteiger partial charge in [-0.2, -0.15) is 20.5 Å². The number of nitrogens with two attached hydrogens (primary N) is 1. The lowest BCUT2D eigenvalue weighted by Gasteiger charge is -2.11. The van der Waals surface area contributed by atoms with Crippen molar-refractivity contribution in [1.82, 2.24) is 16.3 Å². The minimum Gasteiger partial charge on any atom is -0.367 e. The summed E-state index contributed by atoms with van der Waals surface area (Å²) in [7, 11) is 0. The molecule has 0 aromatic heterocycles. The lowest BCUT2D eigenvalue weighted by atomic mass is 10.2. The monoisotopic (exact) mass is 381 g/mol. The molecule has 11 heteroatoms. The van der Waals surface area contributed by atoms with E-state index in [2.05, 4.69) is 31.4 Å². The lowest BCUT2D eigenvalue weighted by Crippen LogP contribution is -2.47. The van der Waals surface area contributed by atoms with Crippen molar-refractivity contribution < 1.29 is 8.78 Å². The minimum atomic E-state index is -0.445. The van der Waals surface area contributed by atoms with Crippen molar-refractivity contribution >= 4 is 17.6 Å². The van der Waals surface area contributed by atoms with E-state index < -0.39 is 11.6 Å². The summed E-state index contributed by atoms with van der Waals surface area (Å²) in [5.41, 5.74) is 14.0. The summed E-state index contributed by atoms with van der Waals surface area (Å²) in [6.07, 6.45) is 3.20. The van der Waals surface area contributed by atoms with Crippen molar-refractivity contribution in [3.63, 3.8) is 0 Å². The third kappa shape index (κ3) is 5.79. The van der Waals surface area contributed by atoms with Gasteiger partial charge in [0.15, 0.2) is 11.7 Å². The predicted octanol–water partition coefficient (Wildman–Crippen LogP) is 1.03. The molecule has 0 spiro atoms.